The quantitative estimate of drug-likeness (QED) is 0.574. The maximum Gasteiger partial charge on any atom is 0.323 e. The summed E-state index contributed by atoms with van der Waals surface area (Å²) in [6, 6.07) is -0.394. The molecule has 0 aromatic rings. The van der Waals surface area contributed by atoms with E-state index in [2.05, 4.69) is 13.8 Å². The highest BCUT2D eigenvalue weighted by molar-refractivity contribution is 5.75. The van der Waals surface area contributed by atoms with Crippen molar-refractivity contribution >= 4 is 5.97 Å². The van der Waals surface area contributed by atoms with Gasteiger partial charge in [-0.15, -0.1) is 0 Å². The largest absolute Gasteiger partial charge is 0.465 e. The molecular weight excluding hydrogens is 214 g/mol. The summed E-state index contributed by atoms with van der Waals surface area (Å²) >= 11 is 0. The molecule has 17 heavy (non-hydrogen) atoms. The average Bonchev–Trinajstić information content (AvgIpc) is 2.34. The molecule has 0 aliphatic heterocycles. The van der Waals surface area contributed by atoms with Crippen LogP contribution in [0.2, 0.25) is 0 Å². The van der Waals surface area contributed by atoms with Crippen molar-refractivity contribution in [3.8, 4) is 0 Å². The van der Waals surface area contributed by atoms with Crippen LogP contribution in [0.15, 0.2) is 0 Å². The Balaban J connectivity index is 2.17. The summed E-state index contributed by atoms with van der Waals surface area (Å²) in [5.41, 5.74) is 5.96. The van der Waals surface area contributed by atoms with Crippen LogP contribution in [-0.4, -0.2) is 18.6 Å². The van der Waals surface area contributed by atoms with Gasteiger partial charge in [-0.1, -0.05) is 33.1 Å². The highest BCUT2D eigenvalue weighted by Crippen LogP contribution is 2.26. The molecule has 3 heteroatoms. The average molecular weight is 241 g/mol. The number of hydrogen-bond donors (Lipinski definition) is 1. The summed E-state index contributed by atoms with van der Waals surface area (Å²) in [5, 5.41) is 0. The zero-order valence-electron chi connectivity index (χ0n) is 11.3. The lowest BCUT2D eigenvalue weighted by molar-refractivity contribution is -0.147. The normalized spacial score (nSPS) is 19.3. The molecule has 1 rings (SSSR count). The van der Waals surface area contributed by atoms with Crippen molar-refractivity contribution in [3.05, 3.63) is 0 Å². The predicted molar refractivity (Wildman–Crippen MR) is 69.6 cm³/mol. The summed E-state index contributed by atoms with van der Waals surface area (Å²) in [5.74, 6) is 0.822. The van der Waals surface area contributed by atoms with E-state index in [4.69, 9.17) is 10.5 Å². The molecule has 1 fully saturated rings. The van der Waals surface area contributed by atoms with E-state index in [1.807, 2.05) is 0 Å². The number of rotatable bonds is 6. The Morgan fingerprint density at radius 3 is 2.53 bits per heavy atom. The molecule has 1 saturated carbocycles. The lowest BCUT2D eigenvalue weighted by atomic mass is 9.84. The van der Waals surface area contributed by atoms with Crippen LogP contribution in [0.1, 0.15) is 58.8 Å². The Hall–Kier alpha value is -0.570. The summed E-state index contributed by atoms with van der Waals surface area (Å²) in [6.45, 7) is 4.88. The van der Waals surface area contributed by atoms with Gasteiger partial charge in [-0.05, 0) is 37.5 Å². The van der Waals surface area contributed by atoms with Crippen LogP contribution in [0.4, 0.5) is 0 Å². The van der Waals surface area contributed by atoms with Crippen LogP contribution < -0.4 is 5.73 Å². The number of carbonyl (C=O) groups is 1. The molecule has 1 unspecified atom stereocenters. The molecule has 1 aliphatic carbocycles. The Morgan fingerprint density at radius 1 is 1.29 bits per heavy atom. The van der Waals surface area contributed by atoms with Crippen molar-refractivity contribution in [2.75, 3.05) is 6.61 Å². The lowest BCUT2D eigenvalue weighted by Crippen LogP contribution is -2.40. The van der Waals surface area contributed by atoms with Gasteiger partial charge in [0.2, 0.25) is 0 Å². The van der Waals surface area contributed by atoms with Gasteiger partial charge in [-0.25, -0.2) is 0 Å². The minimum atomic E-state index is -0.394. The first-order valence-corrected chi connectivity index (χ1v) is 7.03. The SMILES string of the molecule is CC(C)CCCOC(=O)C(N)C1CCCCC1. The van der Waals surface area contributed by atoms with Crippen molar-refractivity contribution in [2.45, 2.75) is 64.8 Å². The minimum absolute atomic E-state index is 0.194. The molecule has 100 valence electrons. The zero-order valence-corrected chi connectivity index (χ0v) is 11.3. The van der Waals surface area contributed by atoms with Gasteiger partial charge in [0, 0.05) is 0 Å². The highest BCUT2D eigenvalue weighted by Gasteiger charge is 2.27. The Kier molecular flexibility index (Phi) is 6.56. The fourth-order valence-corrected chi connectivity index (χ4v) is 2.45. The zero-order chi connectivity index (χ0) is 12.7. The first-order valence-electron chi connectivity index (χ1n) is 7.03. The molecule has 1 atom stereocenters. The minimum Gasteiger partial charge on any atom is -0.465 e. The van der Waals surface area contributed by atoms with Crippen LogP contribution in [0.5, 0.6) is 0 Å². The molecule has 0 radical (unpaired) electrons. The summed E-state index contributed by atoms with van der Waals surface area (Å²) < 4.78 is 5.24. The van der Waals surface area contributed by atoms with Crippen LogP contribution in [0.25, 0.3) is 0 Å². The second kappa shape index (κ2) is 7.70. The Bertz CT molecular complexity index is 222. The van der Waals surface area contributed by atoms with Gasteiger partial charge in [-0.3, -0.25) is 4.79 Å². The van der Waals surface area contributed by atoms with Crippen LogP contribution in [0.3, 0.4) is 0 Å². The first-order chi connectivity index (χ1) is 8.11. The van der Waals surface area contributed by atoms with E-state index in [1.165, 1.54) is 19.3 Å². The van der Waals surface area contributed by atoms with Crippen molar-refractivity contribution in [1.29, 1.82) is 0 Å². The van der Waals surface area contributed by atoms with Gasteiger partial charge in [0.1, 0.15) is 6.04 Å². The third kappa shape index (κ3) is 5.53. The smallest absolute Gasteiger partial charge is 0.323 e. The van der Waals surface area contributed by atoms with Gasteiger partial charge in [-0.2, -0.15) is 0 Å². The maximum absolute atomic E-state index is 11.7. The first kappa shape index (κ1) is 14.5. The van der Waals surface area contributed by atoms with E-state index in [1.54, 1.807) is 0 Å². The van der Waals surface area contributed by atoms with Crippen molar-refractivity contribution in [2.24, 2.45) is 17.6 Å². The number of esters is 1. The third-order valence-electron chi connectivity index (χ3n) is 3.60. The maximum atomic E-state index is 11.7. The molecule has 0 amide bonds. The lowest BCUT2D eigenvalue weighted by Gasteiger charge is -2.26. The van der Waals surface area contributed by atoms with E-state index in [9.17, 15) is 4.79 Å². The third-order valence-corrected chi connectivity index (χ3v) is 3.60. The van der Waals surface area contributed by atoms with Gasteiger partial charge in [0.15, 0.2) is 0 Å². The summed E-state index contributed by atoms with van der Waals surface area (Å²) in [4.78, 5) is 11.7. The van der Waals surface area contributed by atoms with Gasteiger partial charge in [0.05, 0.1) is 6.61 Å². The predicted octanol–water partition coefficient (Wildman–Crippen LogP) is 2.87. The summed E-state index contributed by atoms with van der Waals surface area (Å²) in [7, 11) is 0. The van der Waals surface area contributed by atoms with E-state index >= 15 is 0 Å². The topological polar surface area (TPSA) is 52.3 Å². The monoisotopic (exact) mass is 241 g/mol. The molecule has 0 aromatic heterocycles. The van der Waals surface area contributed by atoms with E-state index in [-0.39, 0.29) is 5.97 Å². The van der Waals surface area contributed by atoms with Crippen LogP contribution in [-0.2, 0) is 9.53 Å². The molecular formula is C14H27NO2. The van der Waals surface area contributed by atoms with E-state index in [0.717, 1.165) is 25.7 Å². The molecule has 0 aromatic carbocycles. The van der Waals surface area contributed by atoms with Crippen LogP contribution >= 0.6 is 0 Å². The van der Waals surface area contributed by atoms with Crippen LogP contribution in [0, 0.1) is 11.8 Å². The molecule has 3 nitrogen and oxygen atoms in total. The standard InChI is InChI=1S/C14H27NO2/c1-11(2)7-6-10-17-14(16)13(15)12-8-4-3-5-9-12/h11-13H,3-10,15H2,1-2H3. The van der Waals surface area contributed by atoms with Crippen molar-refractivity contribution < 1.29 is 9.53 Å². The number of nitrogens with two attached hydrogens (primary N) is 1. The van der Waals surface area contributed by atoms with Gasteiger partial charge < -0.3 is 10.5 Å². The molecule has 0 heterocycles. The fraction of sp³-hybridized carbons (Fsp3) is 0.929. The van der Waals surface area contributed by atoms with Gasteiger partial charge in [0.25, 0.3) is 0 Å². The fourth-order valence-electron chi connectivity index (χ4n) is 2.45. The van der Waals surface area contributed by atoms with E-state index in [0.29, 0.717) is 18.4 Å². The van der Waals surface area contributed by atoms with Crippen molar-refractivity contribution in [1.82, 2.24) is 0 Å². The van der Waals surface area contributed by atoms with E-state index < -0.39 is 6.04 Å². The number of hydrogen-bond acceptors (Lipinski definition) is 3. The molecule has 0 saturated heterocycles. The molecule has 0 spiro atoms. The number of carbonyl (C=O) groups excluding carboxylic acids is 1. The van der Waals surface area contributed by atoms with Crippen molar-refractivity contribution in [3.63, 3.8) is 0 Å². The molecule has 2 N–H and O–H groups in total. The number of ether oxygens (including phenoxy) is 1. The van der Waals surface area contributed by atoms with Gasteiger partial charge >= 0.3 is 5.97 Å². The summed E-state index contributed by atoms with van der Waals surface area (Å²) in [6.07, 6.45) is 7.92. The molecule has 1 aliphatic rings. The second-order valence-electron chi connectivity index (χ2n) is 5.63. The molecule has 0 bridgehead atoms. The highest BCUT2D eigenvalue weighted by atomic mass is 16.5. The second-order valence-corrected chi connectivity index (χ2v) is 5.63. The Labute approximate surface area is 105 Å². The Morgan fingerprint density at radius 2 is 1.94 bits per heavy atom.